The first-order valence-electron chi connectivity index (χ1n) is 7.36. The minimum atomic E-state index is -0.173. The Hall–Kier alpha value is -2.25. The van der Waals surface area contributed by atoms with Crippen molar-refractivity contribution in [2.45, 2.75) is 0 Å². The number of nitrogens with one attached hydrogen (secondary N) is 1. The van der Waals surface area contributed by atoms with Crippen LogP contribution in [0.4, 0.5) is 5.69 Å². The van der Waals surface area contributed by atoms with Crippen LogP contribution in [0, 0.1) is 0 Å². The number of aliphatic imine (C=N–C) groups is 1. The summed E-state index contributed by atoms with van der Waals surface area (Å²) in [5.41, 5.74) is 1.61. The normalized spacial score (nSPS) is 17.0. The molecule has 7 heteroatoms. The van der Waals surface area contributed by atoms with E-state index in [1.807, 2.05) is 36.4 Å². The summed E-state index contributed by atoms with van der Waals surface area (Å²) in [4.78, 5) is 17.2. The molecule has 2 aromatic rings. The van der Waals surface area contributed by atoms with Gasteiger partial charge in [-0.2, -0.15) is 0 Å². The highest BCUT2D eigenvalue weighted by Crippen LogP contribution is 2.32. The molecule has 0 aromatic heterocycles. The van der Waals surface area contributed by atoms with Gasteiger partial charge in [0.05, 0.1) is 24.8 Å². The van der Waals surface area contributed by atoms with Gasteiger partial charge in [0.2, 0.25) is 0 Å². The predicted molar refractivity (Wildman–Crippen MR) is 104 cm³/mol. The Morgan fingerprint density at radius 3 is 2.64 bits per heavy atom. The minimum absolute atomic E-state index is 0.173. The van der Waals surface area contributed by atoms with Crippen molar-refractivity contribution in [1.29, 1.82) is 0 Å². The summed E-state index contributed by atoms with van der Waals surface area (Å²) < 4.78 is 11.4. The number of nitrogens with zero attached hydrogens (tertiary/aromatic N) is 1. The number of amides is 1. The highest BCUT2D eigenvalue weighted by molar-refractivity contribution is 9.10. The molecule has 0 atom stereocenters. The zero-order valence-electron chi connectivity index (χ0n) is 13.6. The zero-order valence-corrected chi connectivity index (χ0v) is 16.0. The summed E-state index contributed by atoms with van der Waals surface area (Å²) in [6, 6.07) is 13.1. The van der Waals surface area contributed by atoms with E-state index in [0.29, 0.717) is 21.6 Å². The Morgan fingerprint density at radius 1 is 1.12 bits per heavy atom. The van der Waals surface area contributed by atoms with E-state index < -0.39 is 0 Å². The van der Waals surface area contributed by atoms with Crippen molar-refractivity contribution in [3.05, 3.63) is 57.4 Å². The fourth-order valence-corrected chi connectivity index (χ4v) is 3.47. The molecule has 0 aliphatic carbocycles. The number of thioether (sulfide) groups is 1. The molecule has 5 nitrogen and oxygen atoms in total. The smallest absolute Gasteiger partial charge is 0.264 e. The van der Waals surface area contributed by atoms with Gasteiger partial charge in [0.25, 0.3) is 5.91 Å². The molecule has 1 aliphatic heterocycles. The number of amidine groups is 1. The zero-order chi connectivity index (χ0) is 17.8. The van der Waals surface area contributed by atoms with Gasteiger partial charge >= 0.3 is 0 Å². The largest absolute Gasteiger partial charge is 0.493 e. The first kappa shape index (κ1) is 17.6. The number of carbonyl (C=O) groups is 1. The van der Waals surface area contributed by atoms with Gasteiger partial charge < -0.3 is 14.8 Å². The van der Waals surface area contributed by atoms with E-state index in [2.05, 4.69) is 26.2 Å². The van der Waals surface area contributed by atoms with Crippen molar-refractivity contribution in [3.63, 3.8) is 0 Å². The molecule has 25 heavy (non-hydrogen) atoms. The van der Waals surface area contributed by atoms with Gasteiger partial charge in [-0.15, -0.1) is 0 Å². The molecule has 0 spiro atoms. The lowest BCUT2D eigenvalue weighted by Crippen LogP contribution is -2.19. The number of halogens is 1. The van der Waals surface area contributed by atoms with Crippen LogP contribution < -0.4 is 14.8 Å². The number of hydrogen-bond donors (Lipinski definition) is 1. The van der Waals surface area contributed by atoms with Crippen molar-refractivity contribution in [2.75, 3.05) is 14.2 Å². The topological polar surface area (TPSA) is 59.9 Å². The summed E-state index contributed by atoms with van der Waals surface area (Å²) in [7, 11) is 3.16. The Kier molecular flexibility index (Phi) is 5.45. The predicted octanol–water partition coefficient (Wildman–Crippen LogP) is 4.36. The first-order valence-corrected chi connectivity index (χ1v) is 8.97. The number of carbonyl (C=O) groups excluding carboxylic acids is 1. The second-order valence-electron chi connectivity index (χ2n) is 5.08. The van der Waals surface area contributed by atoms with Crippen LogP contribution in [-0.2, 0) is 4.79 Å². The van der Waals surface area contributed by atoms with Gasteiger partial charge in [0.15, 0.2) is 16.7 Å². The van der Waals surface area contributed by atoms with Gasteiger partial charge in [0, 0.05) is 4.47 Å². The van der Waals surface area contributed by atoms with Crippen LogP contribution in [0.15, 0.2) is 56.8 Å². The van der Waals surface area contributed by atoms with E-state index in [-0.39, 0.29) is 5.91 Å². The number of hydrogen-bond acceptors (Lipinski definition) is 5. The van der Waals surface area contributed by atoms with Crippen molar-refractivity contribution < 1.29 is 14.3 Å². The second-order valence-corrected chi connectivity index (χ2v) is 7.02. The molecule has 0 bridgehead atoms. The highest BCUT2D eigenvalue weighted by Gasteiger charge is 2.24. The van der Waals surface area contributed by atoms with Gasteiger partial charge in [-0.3, -0.25) is 4.79 Å². The van der Waals surface area contributed by atoms with Crippen molar-refractivity contribution in [3.8, 4) is 11.5 Å². The molecule has 3 rings (SSSR count). The molecule has 1 heterocycles. The molecule has 0 unspecified atom stereocenters. The van der Waals surface area contributed by atoms with Crippen molar-refractivity contribution in [2.24, 2.45) is 4.99 Å². The average molecular weight is 419 g/mol. The Bertz CT molecular complexity index is 880. The van der Waals surface area contributed by atoms with E-state index in [1.165, 1.54) is 11.8 Å². The number of rotatable bonds is 4. The fourth-order valence-electron chi connectivity index (χ4n) is 2.24. The molecular weight excluding hydrogens is 404 g/mol. The molecule has 1 N–H and O–H groups in total. The average Bonchev–Trinajstić information content (AvgIpc) is 2.93. The number of benzene rings is 2. The molecule has 0 saturated carbocycles. The van der Waals surface area contributed by atoms with Crippen LogP contribution in [-0.4, -0.2) is 25.3 Å². The number of ether oxygens (including phenoxy) is 2. The fraction of sp³-hybridized carbons (Fsp3) is 0.111. The Labute approximate surface area is 158 Å². The highest BCUT2D eigenvalue weighted by atomic mass is 79.9. The third-order valence-electron chi connectivity index (χ3n) is 3.40. The van der Waals surface area contributed by atoms with Gasteiger partial charge in [0.1, 0.15) is 0 Å². The van der Waals surface area contributed by atoms with E-state index in [4.69, 9.17) is 9.47 Å². The van der Waals surface area contributed by atoms with E-state index in [9.17, 15) is 4.79 Å². The molecular formula is C18H15BrN2O3S. The SMILES string of the molecule is COc1ccc(/C=C2\SC(=Nc3cccc(Br)c3)NC2=O)cc1OC. The maximum absolute atomic E-state index is 12.2. The van der Waals surface area contributed by atoms with Gasteiger partial charge in [-0.05, 0) is 53.7 Å². The minimum Gasteiger partial charge on any atom is -0.493 e. The van der Waals surface area contributed by atoms with Crippen molar-refractivity contribution >= 4 is 50.5 Å². The summed E-state index contributed by atoms with van der Waals surface area (Å²) in [5.74, 6) is 1.09. The van der Waals surface area contributed by atoms with E-state index in [1.54, 1.807) is 26.4 Å². The molecule has 0 radical (unpaired) electrons. The van der Waals surface area contributed by atoms with Crippen LogP contribution in [0.2, 0.25) is 0 Å². The van der Waals surface area contributed by atoms with E-state index >= 15 is 0 Å². The standard InChI is InChI=1S/C18H15BrN2O3S/c1-23-14-7-6-11(8-15(14)24-2)9-16-17(22)21-18(25-16)20-13-5-3-4-12(19)10-13/h3-10H,1-2H3,(H,20,21,22)/b16-9-. The van der Waals surface area contributed by atoms with Crippen LogP contribution in [0.3, 0.4) is 0 Å². The molecule has 1 amide bonds. The third-order valence-corrected chi connectivity index (χ3v) is 4.80. The van der Waals surface area contributed by atoms with Gasteiger partial charge in [-0.1, -0.05) is 28.1 Å². The molecule has 1 saturated heterocycles. The molecule has 1 fully saturated rings. The maximum atomic E-state index is 12.2. The summed E-state index contributed by atoms with van der Waals surface area (Å²) in [6.07, 6.45) is 1.80. The summed E-state index contributed by atoms with van der Waals surface area (Å²) in [6.45, 7) is 0. The summed E-state index contributed by atoms with van der Waals surface area (Å²) in [5, 5.41) is 3.33. The lowest BCUT2D eigenvalue weighted by atomic mass is 10.2. The quantitative estimate of drug-likeness (QED) is 0.749. The molecule has 1 aliphatic rings. The van der Waals surface area contributed by atoms with Crippen LogP contribution in [0.25, 0.3) is 6.08 Å². The van der Waals surface area contributed by atoms with Gasteiger partial charge in [-0.25, -0.2) is 4.99 Å². The monoisotopic (exact) mass is 418 g/mol. The van der Waals surface area contributed by atoms with Crippen LogP contribution in [0.5, 0.6) is 11.5 Å². The lowest BCUT2D eigenvalue weighted by molar-refractivity contribution is -0.115. The maximum Gasteiger partial charge on any atom is 0.264 e. The first-order chi connectivity index (χ1) is 12.1. The van der Waals surface area contributed by atoms with E-state index in [0.717, 1.165) is 15.7 Å². The summed E-state index contributed by atoms with van der Waals surface area (Å²) >= 11 is 4.71. The van der Waals surface area contributed by atoms with Crippen LogP contribution in [0.1, 0.15) is 5.56 Å². The Balaban J connectivity index is 1.84. The second kappa shape index (κ2) is 7.76. The van der Waals surface area contributed by atoms with Crippen molar-refractivity contribution in [1.82, 2.24) is 5.32 Å². The van der Waals surface area contributed by atoms with Crippen LogP contribution >= 0.6 is 27.7 Å². The number of methoxy groups -OCH3 is 2. The molecule has 128 valence electrons. The Morgan fingerprint density at radius 2 is 1.92 bits per heavy atom. The third kappa shape index (κ3) is 4.24. The molecule has 2 aromatic carbocycles. The lowest BCUT2D eigenvalue weighted by Gasteiger charge is -2.07.